The quantitative estimate of drug-likeness (QED) is 0.297. The van der Waals surface area contributed by atoms with Crippen molar-refractivity contribution >= 4 is 50.4 Å². The average Bonchev–Trinajstić information content (AvgIpc) is 3.27. The zero-order valence-electron chi connectivity index (χ0n) is 23.0. The Bertz CT molecular complexity index is 1420. The smallest absolute Gasteiger partial charge is 0.407 e. The van der Waals surface area contributed by atoms with Crippen LogP contribution in [-0.4, -0.2) is 46.3 Å². The van der Waals surface area contributed by atoms with E-state index in [4.69, 9.17) is 10.5 Å². The Labute approximate surface area is 241 Å². The number of alkyl carbamates (subject to hydrolysis) is 1. The lowest BCUT2D eigenvalue weighted by Gasteiger charge is -2.35. The molecule has 1 aliphatic carbocycles. The van der Waals surface area contributed by atoms with E-state index in [1.165, 1.54) is 4.90 Å². The molecular weight excluding hydrogens is 578 g/mol. The lowest BCUT2D eigenvalue weighted by atomic mass is 9.81. The molecule has 0 spiro atoms. The van der Waals surface area contributed by atoms with E-state index in [1.807, 2.05) is 45.0 Å². The molecule has 5 N–H and O–H groups in total. The van der Waals surface area contributed by atoms with E-state index >= 15 is 0 Å². The Morgan fingerprint density at radius 1 is 1.07 bits per heavy atom. The van der Waals surface area contributed by atoms with Crippen molar-refractivity contribution in [3.63, 3.8) is 0 Å². The summed E-state index contributed by atoms with van der Waals surface area (Å²) < 4.78 is 6.23. The van der Waals surface area contributed by atoms with Crippen LogP contribution in [0.4, 0.5) is 10.5 Å². The number of aromatic nitrogens is 2. The third-order valence-corrected chi connectivity index (χ3v) is 7.72. The molecule has 0 bridgehead atoms. The van der Waals surface area contributed by atoms with Crippen LogP contribution >= 0.6 is 15.9 Å². The molecule has 0 radical (unpaired) electrons. The zero-order valence-corrected chi connectivity index (χ0v) is 24.5. The number of anilines is 1. The summed E-state index contributed by atoms with van der Waals surface area (Å²) in [7, 11) is 0. The van der Waals surface area contributed by atoms with Gasteiger partial charge in [-0.25, -0.2) is 4.79 Å². The van der Waals surface area contributed by atoms with Crippen LogP contribution in [-0.2, 0) is 20.7 Å². The molecule has 3 amide bonds. The van der Waals surface area contributed by atoms with Crippen LogP contribution in [0.15, 0.2) is 51.7 Å². The molecule has 1 saturated carbocycles. The number of ether oxygens (including phenoxy) is 1. The lowest BCUT2D eigenvalue weighted by Crippen LogP contribution is -2.52. The second-order valence-electron chi connectivity index (χ2n) is 11.4. The fourth-order valence-corrected chi connectivity index (χ4v) is 5.41. The van der Waals surface area contributed by atoms with Gasteiger partial charge in [-0.05, 0) is 88.3 Å². The van der Waals surface area contributed by atoms with Gasteiger partial charge in [-0.1, -0.05) is 28.1 Å². The molecular formula is C29H36BrN5O5. The van der Waals surface area contributed by atoms with Crippen molar-refractivity contribution in [3.05, 3.63) is 62.9 Å². The predicted molar refractivity (Wildman–Crippen MR) is 157 cm³/mol. The fraction of sp³-hybridized carbons (Fsp3) is 0.448. The zero-order chi connectivity index (χ0) is 29.0. The highest BCUT2D eigenvalue weighted by Gasteiger charge is 2.36. The number of aromatic amines is 2. The molecule has 214 valence electrons. The minimum absolute atomic E-state index is 0.184. The summed E-state index contributed by atoms with van der Waals surface area (Å²) in [4.78, 5) is 52.6. The number of fused-ring (bicyclic) bond motifs is 1. The first-order valence-electron chi connectivity index (χ1n) is 13.5. The van der Waals surface area contributed by atoms with E-state index in [1.54, 1.807) is 18.2 Å². The Balaban J connectivity index is 1.54. The molecule has 4 rings (SSSR count). The van der Waals surface area contributed by atoms with Gasteiger partial charge in [0.1, 0.15) is 11.6 Å². The lowest BCUT2D eigenvalue weighted by molar-refractivity contribution is -0.127. The number of hydrogen-bond acceptors (Lipinski definition) is 5. The number of rotatable bonds is 8. The Morgan fingerprint density at radius 2 is 1.75 bits per heavy atom. The van der Waals surface area contributed by atoms with E-state index in [0.29, 0.717) is 36.0 Å². The topological polar surface area (TPSA) is 150 Å². The number of amides is 3. The first-order chi connectivity index (χ1) is 18.9. The molecule has 1 aliphatic rings. The summed E-state index contributed by atoms with van der Waals surface area (Å²) in [5, 5.41) is 8.67. The van der Waals surface area contributed by atoms with Crippen molar-refractivity contribution < 1.29 is 19.1 Å². The summed E-state index contributed by atoms with van der Waals surface area (Å²) in [5.41, 5.74) is 6.96. The minimum atomic E-state index is -0.927. The van der Waals surface area contributed by atoms with Crippen molar-refractivity contribution in [1.29, 1.82) is 0 Å². The number of nitrogens with zero attached hydrogens (tertiary/aromatic N) is 1. The summed E-state index contributed by atoms with van der Waals surface area (Å²) in [6.45, 7) is 5.93. The van der Waals surface area contributed by atoms with Gasteiger partial charge in [0.05, 0.1) is 10.9 Å². The molecule has 0 saturated heterocycles. The second-order valence-corrected chi connectivity index (χ2v) is 12.3. The minimum Gasteiger partial charge on any atom is -0.444 e. The number of nitrogens with two attached hydrogens (primary N) is 1. The molecule has 0 aliphatic heterocycles. The summed E-state index contributed by atoms with van der Waals surface area (Å²) in [6, 6.07) is 11.6. The van der Waals surface area contributed by atoms with Gasteiger partial charge in [-0.15, -0.1) is 0 Å². The SMILES string of the molecule is CC(C)(C)OC(=O)NCC1CCC(C(=O)N(c2ccc3c(=O)[nH][nH]c3c2)[C@@H](Cc2ccc(Br)cc2)C(N)=O)CC1. The van der Waals surface area contributed by atoms with Crippen LogP contribution in [0.5, 0.6) is 0 Å². The van der Waals surface area contributed by atoms with Gasteiger partial charge in [0.2, 0.25) is 11.8 Å². The van der Waals surface area contributed by atoms with Crippen molar-refractivity contribution in [2.75, 3.05) is 11.4 Å². The maximum atomic E-state index is 14.1. The molecule has 1 heterocycles. The van der Waals surface area contributed by atoms with E-state index in [-0.39, 0.29) is 29.7 Å². The largest absolute Gasteiger partial charge is 0.444 e. The molecule has 40 heavy (non-hydrogen) atoms. The van der Waals surface area contributed by atoms with E-state index in [0.717, 1.165) is 22.9 Å². The van der Waals surface area contributed by atoms with Crippen molar-refractivity contribution in [2.24, 2.45) is 17.6 Å². The van der Waals surface area contributed by atoms with Gasteiger partial charge < -0.3 is 15.8 Å². The number of H-pyrrole nitrogens is 2. The van der Waals surface area contributed by atoms with Crippen LogP contribution in [0, 0.1) is 11.8 Å². The molecule has 1 atom stereocenters. The highest BCUT2D eigenvalue weighted by atomic mass is 79.9. The number of benzene rings is 2. The fourth-order valence-electron chi connectivity index (χ4n) is 5.15. The van der Waals surface area contributed by atoms with Crippen LogP contribution < -0.4 is 21.5 Å². The predicted octanol–water partition coefficient (Wildman–Crippen LogP) is 4.38. The first-order valence-corrected chi connectivity index (χ1v) is 14.2. The molecule has 11 heteroatoms. The third-order valence-electron chi connectivity index (χ3n) is 7.19. The number of carbonyl (C=O) groups excluding carboxylic acids is 3. The Kier molecular flexibility index (Phi) is 9.02. The number of halogens is 1. The summed E-state index contributed by atoms with van der Waals surface area (Å²) in [5.74, 6) is -0.891. The second kappa shape index (κ2) is 12.3. The monoisotopic (exact) mass is 613 g/mol. The number of hydrogen-bond donors (Lipinski definition) is 4. The summed E-state index contributed by atoms with van der Waals surface area (Å²) >= 11 is 3.42. The van der Waals surface area contributed by atoms with Crippen molar-refractivity contribution in [1.82, 2.24) is 15.5 Å². The number of carbonyl (C=O) groups is 3. The van der Waals surface area contributed by atoms with E-state index in [9.17, 15) is 19.2 Å². The van der Waals surface area contributed by atoms with Crippen LogP contribution in [0.1, 0.15) is 52.0 Å². The maximum absolute atomic E-state index is 14.1. The van der Waals surface area contributed by atoms with Crippen molar-refractivity contribution in [3.8, 4) is 0 Å². The molecule has 3 aromatic rings. The third kappa shape index (κ3) is 7.32. The maximum Gasteiger partial charge on any atom is 0.407 e. The molecule has 1 aromatic heterocycles. The molecule has 1 fully saturated rings. The first kappa shape index (κ1) is 29.4. The van der Waals surface area contributed by atoms with E-state index in [2.05, 4.69) is 31.4 Å². The number of nitrogens with one attached hydrogen (secondary N) is 3. The van der Waals surface area contributed by atoms with Gasteiger partial charge in [0.15, 0.2) is 0 Å². The van der Waals surface area contributed by atoms with Gasteiger partial charge in [0, 0.05) is 29.0 Å². The van der Waals surface area contributed by atoms with Gasteiger partial charge in [-0.2, -0.15) is 0 Å². The Morgan fingerprint density at radius 3 is 2.38 bits per heavy atom. The van der Waals surface area contributed by atoms with Gasteiger partial charge >= 0.3 is 6.09 Å². The average molecular weight is 615 g/mol. The highest BCUT2D eigenvalue weighted by Crippen LogP contribution is 2.33. The molecule has 0 unspecified atom stereocenters. The van der Waals surface area contributed by atoms with Gasteiger partial charge in [-0.3, -0.25) is 29.5 Å². The number of primary amides is 1. The van der Waals surface area contributed by atoms with Crippen LogP contribution in [0.2, 0.25) is 0 Å². The van der Waals surface area contributed by atoms with Gasteiger partial charge in [0.25, 0.3) is 5.56 Å². The normalized spacial score (nSPS) is 18.2. The Hall–Kier alpha value is -3.60. The molecule has 2 aromatic carbocycles. The highest BCUT2D eigenvalue weighted by molar-refractivity contribution is 9.10. The van der Waals surface area contributed by atoms with Crippen LogP contribution in [0.3, 0.4) is 0 Å². The molecule has 10 nitrogen and oxygen atoms in total. The van der Waals surface area contributed by atoms with E-state index < -0.39 is 23.6 Å². The summed E-state index contributed by atoms with van der Waals surface area (Å²) in [6.07, 6.45) is 2.51. The van der Waals surface area contributed by atoms with Crippen LogP contribution in [0.25, 0.3) is 10.9 Å². The van der Waals surface area contributed by atoms with Crippen molar-refractivity contribution in [2.45, 2.75) is 64.5 Å². The standard InChI is InChI=1S/C29H36BrN5O5/c1-29(2,3)40-28(39)32-16-18-4-8-19(9-5-18)27(38)35(21-12-13-22-23(15-21)33-34-26(22)37)24(25(31)36)14-17-6-10-20(30)11-7-17/h6-7,10-13,15,18-19,24H,4-5,8-9,14,16H2,1-3H3,(H2,31,36)(H,32,39)(H2,33,34,37)/t18?,19?,24-/m0/s1.